The van der Waals surface area contributed by atoms with Crippen molar-refractivity contribution in [1.29, 1.82) is 5.26 Å². The molecule has 0 saturated carbocycles. The minimum Gasteiger partial charge on any atom is -1.00 e. The van der Waals surface area contributed by atoms with Crippen LogP contribution in [0.5, 0.6) is 0 Å². The predicted octanol–water partition coefficient (Wildman–Crippen LogP) is -5.47. The van der Waals surface area contributed by atoms with Crippen molar-refractivity contribution in [2.75, 3.05) is 56.4 Å². The molecule has 41 heavy (non-hydrogen) atoms. The Morgan fingerprint density at radius 1 is 0.780 bits per heavy atom. The van der Waals surface area contributed by atoms with Crippen molar-refractivity contribution >= 4 is 60.3 Å². The van der Waals surface area contributed by atoms with E-state index in [1.807, 2.05) is 65.9 Å². The zero-order valence-electron chi connectivity index (χ0n) is 22.8. The van der Waals surface area contributed by atoms with Gasteiger partial charge in [0.15, 0.2) is 20.2 Å². The van der Waals surface area contributed by atoms with Crippen molar-refractivity contribution in [2.45, 2.75) is 37.4 Å². The number of hydrogen-bond acceptors (Lipinski definition) is 9. The monoisotopic (exact) mass is 757 g/mol. The molecule has 0 aromatic rings. The fourth-order valence-electron chi connectivity index (χ4n) is 0.800. The predicted molar refractivity (Wildman–Crippen MR) is 135 cm³/mol. The Morgan fingerprint density at radius 2 is 0.927 bits per heavy atom. The van der Waals surface area contributed by atoms with Crippen LogP contribution in [0.25, 0.3) is 0 Å². The quantitative estimate of drug-likeness (QED) is 0.0255. The minimum atomic E-state index is -6.09. The third-order valence-electron chi connectivity index (χ3n) is 2.38. The molecule has 0 aliphatic carbocycles. The van der Waals surface area contributed by atoms with Crippen LogP contribution in [-0.2, 0) is 20.2 Å². The van der Waals surface area contributed by atoms with Gasteiger partial charge in [0.2, 0.25) is 4.58 Å². The number of rotatable bonds is 2. The van der Waals surface area contributed by atoms with E-state index in [9.17, 15) is 26.3 Å². The number of hydrogen-bond donors (Lipinski definition) is 0. The molecular formula is C16H35Cl4F6N5Na2O6S2. The number of nitriles is 1. The molecule has 0 heterocycles. The smallest absolute Gasteiger partial charge is 1.00 e. The molecule has 244 valence electrons. The second-order valence-electron chi connectivity index (χ2n) is 6.38. The first-order valence-corrected chi connectivity index (χ1v) is 12.3. The maximum atomic E-state index is 10.7. The standard InChI is InChI=1S/C5H12Cl2N2.C5H12ClN2.C2H3N.2CHF3O3S.2CH4.ClH.2Na/c1-8(2)5(6,7)9(3)4;1-7(2)5(6)8(3)4;1-2-3;2*2-1(3,4)8(5,6)7;;;;;/h1-4H3;1-4H3;1H3;2*(H,5,6,7);2*1H4;1H;;/q;+1;;;;;;;2*+1/p-3. The number of halogens is 10. The number of amidine groups is 1. The summed E-state index contributed by atoms with van der Waals surface area (Å²) in [6.45, 7) is 1.43. The second-order valence-corrected chi connectivity index (χ2v) is 10.7. The van der Waals surface area contributed by atoms with E-state index in [4.69, 9.17) is 66.0 Å². The Labute approximate surface area is 305 Å². The fraction of sp³-hybridized carbons (Fsp3) is 0.875. The molecule has 0 bridgehead atoms. The topological polar surface area (TPSA) is 151 Å². The molecule has 0 radical (unpaired) electrons. The Kier molecular flexibility index (Phi) is 50.9. The van der Waals surface area contributed by atoms with Crippen LogP contribution in [-0.4, -0.2) is 122 Å². The molecule has 0 aliphatic rings. The van der Waals surface area contributed by atoms with E-state index in [2.05, 4.69) is 0 Å². The summed E-state index contributed by atoms with van der Waals surface area (Å²) in [7, 11) is 2.72. The summed E-state index contributed by atoms with van der Waals surface area (Å²) < 4.78 is 119. The van der Waals surface area contributed by atoms with E-state index < -0.39 is 35.8 Å². The summed E-state index contributed by atoms with van der Waals surface area (Å²) in [5.41, 5.74) is -11.3. The number of nitrogens with zero attached hydrogens (tertiary/aromatic N) is 5. The molecule has 0 atom stereocenters. The molecule has 25 heteroatoms. The van der Waals surface area contributed by atoms with Crippen LogP contribution < -0.4 is 71.5 Å². The van der Waals surface area contributed by atoms with Crippen LogP contribution in [0.15, 0.2) is 0 Å². The van der Waals surface area contributed by atoms with Crippen LogP contribution >= 0.6 is 34.8 Å². The molecule has 0 aliphatic heterocycles. The van der Waals surface area contributed by atoms with Gasteiger partial charge in [0.05, 0.1) is 34.3 Å². The second kappa shape index (κ2) is 30.1. The average Bonchev–Trinajstić information content (AvgIpc) is 2.59. The Hall–Kier alpha value is 1.44. The SMILES string of the molecule is C.C.CC#N.CN(C)C(Cl)(Cl)N(C)C.CN(C)C(Cl)=[N+](C)C.O=S(=O)([O-])C(F)(F)F.O=S(=O)([O-])C(F)(F)F.[Cl-].[Na+].[Na+]. The molecule has 0 aromatic heterocycles. The van der Waals surface area contributed by atoms with Crippen LogP contribution in [0, 0.1) is 11.3 Å². The van der Waals surface area contributed by atoms with Gasteiger partial charge in [0.1, 0.15) is 0 Å². The summed E-state index contributed by atoms with van der Waals surface area (Å²) in [5, 5.41) is 8.06. The van der Waals surface area contributed by atoms with Gasteiger partial charge in [0, 0.05) is 18.5 Å². The molecule has 0 spiro atoms. The summed E-state index contributed by atoms with van der Waals surface area (Å²) in [6, 6.07) is 1.75. The van der Waals surface area contributed by atoms with E-state index in [1.54, 1.807) is 15.9 Å². The largest absolute Gasteiger partial charge is 1.00 e. The van der Waals surface area contributed by atoms with Crippen molar-refractivity contribution in [3.8, 4) is 6.07 Å². The third-order valence-corrected chi connectivity index (χ3v) is 5.54. The van der Waals surface area contributed by atoms with Crippen LogP contribution in [0.4, 0.5) is 26.3 Å². The van der Waals surface area contributed by atoms with Crippen LogP contribution in [0.3, 0.4) is 0 Å². The molecule has 0 amide bonds. The molecule has 0 N–H and O–H groups in total. The fourth-order valence-corrected chi connectivity index (χ4v) is 0.800. The van der Waals surface area contributed by atoms with Gasteiger partial charge in [-0.1, -0.05) is 38.1 Å². The number of alkyl halides is 8. The van der Waals surface area contributed by atoms with E-state index in [0.717, 1.165) is 5.29 Å². The molecule has 0 aromatic carbocycles. The maximum absolute atomic E-state index is 10.7. The van der Waals surface area contributed by atoms with Crippen molar-refractivity contribution < 1.29 is 128 Å². The molecule has 0 unspecified atom stereocenters. The van der Waals surface area contributed by atoms with Gasteiger partial charge in [0.25, 0.3) is 0 Å². The minimum absolute atomic E-state index is 0. The van der Waals surface area contributed by atoms with Gasteiger partial charge < -0.3 is 21.5 Å². The van der Waals surface area contributed by atoms with Gasteiger partial charge >= 0.3 is 75.4 Å². The van der Waals surface area contributed by atoms with Crippen LogP contribution in [0.2, 0.25) is 0 Å². The zero-order valence-corrected chi connectivity index (χ0v) is 31.4. The molecule has 0 fully saturated rings. The maximum Gasteiger partial charge on any atom is 1.00 e. The Balaban J connectivity index is -0.0000000364. The molecular weight excluding hydrogens is 724 g/mol. The van der Waals surface area contributed by atoms with Gasteiger partial charge in [-0.25, -0.2) is 16.8 Å². The summed E-state index contributed by atoms with van der Waals surface area (Å²) in [5.74, 6) is 0. The third kappa shape index (κ3) is 41.4. The average molecular weight is 759 g/mol. The first-order chi connectivity index (χ1) is 15.4. The zero-order chi connectivity index (χ0) is 31.1. The Morgan fingerprint density at radius 3 is 0.927 bits per heavy atom. The Bertz CT molecular complexity index is 866. The van der Waals surface area contributed by atoms with Gasteiger partial charge in [-0.2, -0.15) is 31.6 Å². The summed E-state index contributed by atoms with van der Waals surface area (Å²) in [4.78, 5) is 5.29. The summed E-state index contributed by atoms with van der Waals surface area (Å²) >= 11 is 17.4. The van der Waals surface area contributed by atoms with Gasteiger partial charge in [-0.05, 0) is 28.2 Å². The van der Waals surface area contributed by atoms with E-state index in [-0.39, 0.29) is 86.4 Å². The molecule has 11 nitrogen and oxygen atoms in total. The van der Waals surface area contributed by atoms with Crippen LogP contribution in [0.1, 0.15) is 21.8 Å². The first-order valence-electron chi connectivity index (χ1n) is 8.30. The first kappa shape index (κ1) is 69.3. The normalized spacial score (nSPS) is 10.3. The molecule has 0 saturated heterocycles. The van der Waals surface area contributed by atoms with Crippen molar-refractivity contribution in [1.82, 2.24) is 14.7 Å². The van der Waals surface area contributed by atoms with Gasteiger partial charge in [-0.3, -0.25) is 19.3 Å². The van der Waals surface area contributed by atoms with Crippen molar-refractivity contribution in [2.24, 2.45) is 0 Å². The van der Waals surface area contributed by atoms with Crippen molar-refractivity contribution in [3.63, 3.8) is 0 Å². The summed E-state index contributed by atoms with van der Waals surface area (Å²) in [6.07, 6.45) is 0. The van der Waals surface area contributed by atoms with E-state index >= 15 is 0 Å². The van der Waals surface area contributed by atoms with Crippen molar-refractivity contribution in [3.05, 3.63) is 0 Å². The van der Waals surface area contributed by atoms with E-state index in [0.29, 0.717) is 0 Å². The van der Waals surface area contributed by atoms with Gasteiger partial charge in [-0.15, -0.1) is 0 Å². The molecule has 0 rings (SSSR count). The van der Waals surface area contributed by atoms with E-state index in [1.165, 1.54) is 6.92 Å².